The van der Waals surface area contributed by atoms with E-state index in [1.807, 2.05) is 0 Å². The van der Waals surface area contributed by atoms with Crippen LogP contribution in [0.15, 0.2) is 6.33 Å². The first kappa shape index (κ1) is 56.2. The predicted molar refractivity (Wildman–Crippen MR) is 244 cm³/mol. The number of phosphoric acid groups is 1. The zero-order chi connectivity index (χ0) is 48.6. The second kappa shape index (κ2) is 27.1. The van der Waals surface area contributed by atoms with Crippen LogP contribution in [0.25, 0.3) is 11.2 Å². The molecule has 0 aliphatic carbocycles. The van der Waals surface area contributed by atoms with Gasteiger partial charge >= 0.3 is 32.4 Å². The lowest BCUT2D eigenvalue weighted by Crippen LogP contribution is -2.56. The number of nitrogens with zero attached hydrogens (tertiary/aromatic N) is 4. The minimum absolute atomic E-state index is 0.0478. The molecule has 12 atom stereocenters. The third-order valence-corrected chi connectivity index (χ3v) is 15.4. The molecule has 2 aliphatic heterocycles. The van der Waals surface area contributed by atoms with Gasteiger partial charge in [0, 0.05) is 26.2 Å². The van der Waals surface area contributed by atoms with Crippen LogP contribution in [0.5, 0.6) is 0 Å². The number of hydrogen-bond donors (Lipinski definition) is 5. The van der Waals surface area contributed by atoms with E-state index in [0.29, 0.717) is 6.42 Å². The normalized spacial score (nSPS) is 26.7. The number of phosphoric ester groups is 1. The van der Waals surface area contributed by atoms with Crippen molar-refractivity contribution in [1.29, 1.82) is 0 Å². The Balaban J connectivity index is 1.28. The highest BCUT2D eigenvalue weighted by Crippen LogP contribution is 2.62. The summed E-state index contributed by atoms with van der Waals surface area (Å²) in [6, 6.07) is 0. The monoisotopic (exact) mass is 1020 g/mol. The van der Waals surface area contributed by atoms with Crippen molar-refractivity contribution in [2.45, 2.75) is 186 Å². The summed E-state index contributed by atoms with van der Waals surface area (Å²) in [5.74, 6) is -3.35. The molecule has 376 valence electrons. The fraction of sp³-hybridized carbons (Fsp3) is 0.805. The highest BCUT2D eigenvalue weighted by Gasteiger charge is 2.51. The SMILES string of the molecule is CCCCCCCCCCCCCCCCCC(=O)OC[C@@H](OC(C)=O)C1O[C@@H](OP(=O)(O)OP(O)(=S)OC[C@H]2O[C@@H](n3cnc4c(N)nc(Cl)nc43)C(O)[C@H]2O)[C@H](OC(C)=O)C(C)[C@@H]1C. The number of aliphatic hydroxyl groups excluding tert-OH is 2. The number of halogens is 1. The third-order valence-electron chi connectivity index (χ3n) is 11.7. The number of esters is 3. The minimum Gasteiger partial charge on any atom is -0.462 e. The Morgan fingerprint density at radius 1 is 0.894 bits per heavy atom. The topological polar surface area (TPSA) is 293 Å². The summed E-state index contributed by atoms with van der Waals surface area (Å²) >= 11 is 10.9. The number of anilines is 1. The van der Waals surface area contributed by atoms with E-state index in [2.05, 4.69) is 21.9 Å². The first-order valence-electron chi connectivity index (χ1n) is 22.8. The number of imidazole rings is 1. The molecule has 0 aromatic carbocycles. The molecule has 0 saturated carbocycles. The minimum atomic E-state index is -5.48. The smallest absolute Gasteiger partial charge is 0.462 e. The molecule has 2 aromatic heterocycles. The van der Waals surface area contributed by atoms with E-state index in [9.17, 15) is 38.9 Å². The van der Waals surface area contributed by atoms with Crippen molar-refractivity contribution in [3.63, 3.8) is 0 Å². The molecule has 0 radical (unpaired) electrons. The summed E-state index contributed by atoms with van der Waals surface area (Å²) in [4.78, 5) is 70.9. The van der Waals surface area contributed by atoms with Gasteiger partial charge in [0.15, 0.2) is 29.9 Å². The molecule has 66 heavy (non-hydrogen) atoms. The number of ether oxygens (including phenoxy) is 5. The maximum absolute atomic E-state index is 13.5. The van der Waals surface area contributed by atoms with Crippen LogP contribution in [-0.4, -0.2) is 114 Å². The third kappa shape index (κ3) is 17.5. The van der Waals surface area contributed by atoms with E-state index < -0.39 is 107 Å². The van der Waals surface area contributed by atoms with Gasteiger partial charge in [0.2, 0.25) is 11.6 Å². The fourth-order valence-corrected chi connectivity index (χ4v) is 11.3. The molecule has 0 amide bonds. The average molecular weight is 1020 g/mol. The lowest BCUT2D eigenvalue weighted by atomic mass is 9.81. The van der Waals surface area contributed by atoms with E-state index in [4.69, 9.17) is 66.2 Å². The van der Waals surface area contributed by atoms with Gasteiger partial charge in [-0.2, -0.15) is 9.97 Å². The molecule has 21 nitrogen and oxygen atoms in total. The number of aromatic nitrogens is 4. The zero-order valence-corrected chi connectivity index (χ0v) is 41.7. The highest BCUT2D eigenvalue weighted by molar-refractivity contribution is 8.08. The van der Waals surface area contributed by atoms with Gasteiger partial charge in [-0.15, -0.1) is 0 Å². The summed E-state index contributed by atoms with van der Waals surface area (Å²) in [5.41, 5.74) is 6.08. The van der Waals surface area contributed by atoms with Gasteiger partial charge in [0.1, 0.15) is 36.5 Å². The molecule has 5 unspecified atom stereocenters. The van der Waals surface area contributed by atoms with Crippen LogP contribution >= 0.6 is 26.1 Å². The van der Waals surface area contributed by atoms with Crippen LogP contribution in [-0.2, 0) is 67.8 Å². The molecule has 6 N–H and O–H groups in total. The van der Waals surface area contributed by atoms with Gasteiger partial charge in [-0.3, -0.25) is 23.5 Å². The number of nitrogens with two attached hydrogens (primary N) is 1. The Hall–Kier alpha value is -2.43. The van der Waals surface area contributed by atoms with Crippen LogP contribution in [0.3, 0.4) is 0 Å². The summed E-state index contributed by atoms with van der Waals surface area (Å²) in [5, 5.41) is 21.3. The van der Waals surface area contributed by atoms with Crippen molar-refractivity contribution in [3.8, 4) is 0 Å². The Morgan fingerprint density at radius 3 is 2.06 bits per heavy atom. The number of carbonyl (C=O) groups excluding carboxylic acids is 3. The quantitative estimate of drug-likeness (QED) is 0.0186. The maximum Gasteiger partial charge on any atom is 0.481 e. The molecular formula is C41H68ClN5O16P2S. The maximum atomic E-state index is 13.5. The van der Waals surface area contributed by atoms with Crippen LogP contribution in [0.4, 0.5) is 5.82 Å². The van der Waals surface area contributed by atoms with Crippen LogP contribution in [0, 0.1) is 11.8 Å². The fourth-order valence-electron chi connectivity index (χ4n) is 8.03. The lowest BCUT2D eigenvalue weighted by molar-refractivity contribution is -0.270. The van der Waals surface area contributed by atoms with E-state index in [1.54, 1.807) is 13.8 Å². The number of nitrogen functional groups attached to an aromatic ring is 1. The first-order valence-corrected chi connectivity index (χ1v) is 27.2. The van der Waals surface area contributed by atoms with Crippen molar-refractivity contribution in [2.75, 3.05) is 18.9 Å². The van der Waals surface area contributed by atoms with Crippen LogP contribution in [0.2, 0.25) is 5.28 Å². The molecule has 2 saturated heterocycles. The molecular weight excluding hydrogens is 948 g/mol. The van der Waals surface area contributed by atoms with Gasteiger partial charge in [-0.25, -0.2) is 13.9 Å². The van der Waals surface area contributed by atoms with Crippen LogP contribution in [0.1, 0.15) is 144 Å². The first-order chi connectivity index (χ1) is 31.2. The van der Waals surface area contributed by atoms with E-state index in [-0.39, 0.29) is 28.7 Å². The van der Waals surface area contributed by atoms with Gasteiger partial charge in [-0.05, 0) is 35.7 Å². The summed E-state index contributed by atoms with van der Waals surface area (Å²) in [7, 11) is -5.48. The van der Waals surface area contributed by atoms with E-state index >= 15 is 0 Å². The molecule has 25 heteroatoms. The van der Waals surface area contributed by atoms with E-state index in [1.165, 1.54) is 75.1 Å². The Labute approximate surface area is 395 Å². The second-order valence-corrected chi connectivity index (χ2v) is 21.7. The molecule has 0 spiro atoms. The second-order valence-electron chi connectivity index (χ2n) is 17.0. The Morgan fingerprint density at radius 2 is 1.48 bits per heavy atom. The van der Waals surface area contributed by atoms with Crippen molar-refractivity contribution in [2.24, 2.45) is 11.8 Å². The van der Waals surface area contributed by atoms with E-state index in [0.717, 1.165) is 39.5 Å². The van der Waals surface area contributed by atoms with Crippen molar-refractivity contribution in [3.05, 3.63) is 11.6 Å². The van der Waals surface area contributed by atoms with Crippen molar-refractivity contribution < 1.29 is 76.0 Å². The zero-order valence-electron chi connectivity index (χ0n) is 38.3. The summed E-state index contributed by atoms with van der Waals surface area (Å²) in [6.45, 7) is 1.91. The van der Waals surface area contributed by atoms with Crippen LogP contribution < -0.4 is 5.73 Å². The molecule has 2 aliphatic rings. The molecule has 4 rings (SSSR count). The Kier molecular flexibility index (Phi) is 23.1. The lowest BCUT2D eigenvalue weighted by Gasteiger charge is -2.45. The van der Waals surface area contributed by atoms with Gasteiger partial charge < -0.3 is 53.9 Å². The number of carbonyl (C=O) groups is 3. The van der Waals surface area contributed by atoms with Crippen molar-refractivity contribution >= 4 is 72.8 Å². The van der Waals surface area contributed by atoms with Crippen molar-refractivity contribution in [1.82, 2.24) is 19.5 Å². The summed E-state index contributed by atoms with van der Waals surface area (Å²) < 4.78 is 58.4. The molecule has 2 aromatic rings. The number of unbranched alkanes of at least 4 members (excludes halogenated alkanes) is 14. The molecule has 2 fully saturated rings. The number of fused-ring (bicyclic) bond motifs is 1. The highest BCUT2D eigenvalue weighted by atomic mass is 35.5. The Bertz CT molecular complexity index is 1970. The average Bonchev–Trinajstić information content (AvgIpc) is 3.78. The standard InChI is InChI=1S/C41H68ClN5O16P2S/c1-6-7-8-9-10-11-12-13-14-15-16-17-18-19-20-21-31(50)56-22-30(58-27(4)48)35-25(2)26(3)36(59-28(5)49)40(61-35)62-64(53,54)63-65(55,66)57-23-29-33(51)34(52)39(60-29)47-24-44-32-37(43)45-41(42)46-38(32)47/h24-26,29-30,33-36,39-40,51-52H,6-23H2,1-5H3,(H,53,54)(H,55,66)(H2,43,45,46)/t25-,26?,29+,30+,33-,34?,35?,36+,39+,40-,65?/m0/s1. The van der Waals surface area contributed by atoms with Gasteiger partial charge in [0.25, 0.3) is 0 Å². The summed E-state index contributed by atoms with van der Waals surface area (Å²) in [6.07, 6.45) is 7.59. The number of hydrogen-bond acceptors (Lipinski definition) is 19. The molecule has 0 bridgehead atoms. The largest absolute Gasteiger partial charge is 0.481 e. The van der Waals surface area contributed by atoms with Gasteiger partial charge in [-0.1, -0.05) is 111 Å². The predicted octanol–water partition coefficient (Wildman–Crippen LogP) is 6.71. The molecule has 4 heterocycles. The number of rotatable bonds is 29. The number of aliphatic hydroxyl groups is 2. The van der Waals surface area contributed by atoms with Gasteiger partial charge in [0.05, 0.1) is 12.9 Å².